The van der Waals surface area contributed by atoms with Crippen LogP contribution in [-0.4, -0.2) is 23.9 Å². The normalized spacial score (nSPS) is 27.8. The zero-order valence-corrected chi connectivity index (χ0v) is 9.78. The first-order chi connectivity index (χ1) is 7.65. The van der Waals surface area contributed by atoms with Gasteiger partial charge in [-0.2, -0.15) is 5.26 Å². The van der Waals surface area contributed by atoms with Gasteiger partial charge in [0, 0.05) is 13.1 Å². The Morgan fingerprint density at radius 1 is 1.50 bits per heavy atom. The monoisotopic (exact) mass is 218 g/mol. The lowest BCUT2D eigenvalue weighted by molar-refractivity contribution is -0.142. The molecule has 0 saturated carbocycles. The van der Waals surface area contributed by atoms with Crippen LogP contribution in [0.25, 0.3) is 0 Å². The van der Waals surface area contributed by atoms with Crippen LogP contribution in [0.15, 0.2) is 12.2 Å². The molecule has 0 spiro atoms. The van der Waals surface area contributed by atoms with E-state index in [1.165, 1.54) is 0 Å². The maximum absolute atomic E-state index is 12.4. The zero-order valence-electron chi connectivity index (χ0n) is 9.78. The van der Waals surface area contributed by atoms with Crippen molar-refractivity contribution in [1.82, 2.24) is 4.90 Å². The van der Waals surface area contributed by atoms with Crippen molar-refractivity contribution < 1.29 is 4.79 Å². The SMILES string of the molecule is CC1(C(=O)N2CCCC(C#N)C2)CC=CC1. The van der Waals surface area contributed by atoms with Crippen LogP contribution >= 0.6 is 0 Å². The minimum atomic E-state index is -0.239. The van der Waals surface area contributed by atoms with E-state index in [1.54, 1.807) is 0 Å². The standard InChI is InChI=1S/C13H18N2O/c1-13(6-2-3-7-13)12(16)15-8-4-5-11(9-14)10-15/h2-3,11H,4-8,10H2,1H3. The number of nitrogens with zero attached hydrogens (tertiary/aromatic N) is 2. The highest BCUT2D eigenvalue weighted by molar-refractivity contribution is 5.83. The molecule has 1 atom stereocenters. The molecular weight excluding hydrogens is 200 g/mol. The van der Waals surface area contributed by atoms with Crippen LogP contribution in [0.1, 0.15) is 32.6 Å². The van der Waals surface area contributed by atoms with Gasteiger partial charge in [0.25, 0.3) is 0 Å². The second-order valence-corrected chi connectivity index (χ2v) is 5.16. The van der Waals surface area contributed by atoms with Gasteiger partial charge in [0.05, 0.1) is 17.4 Å². The lowest BCUT2D eigenvalue weighted by Crippen LogP contribution is -2.46. The number of carbonyl (C=O) groups excluding carboxylic acids is 1. The minimum absolute atomic E-state index is 0.0377. The lowest BCUT2D eigenvalue weighted by atomic mass is 9.85. The fourth-order valence-electron chi connectivity index (χ4n) is 2.59. The Hall–Kier alpha value is -1.30. The Morgan fingerprint density at radius 2 is 2.19 bits per heavy atom. The second kappa shape index (κ2) is 4.29. The van der Waals surface area contributed by atoms with Crippen LogP contribution < -0.4 is 0 Å². The van der Waals surface area contributed by atoms with Crippen LogP contribution in [0.2, 0.25) is 0 Å². The smallest absolute Gasteiger partial charge is 0.229 e. The molecule has 3 nitrogen and oxygen atoms in total. The van der Waals surface area contributed by atoms with Gasteiger partial charge in [0.15, 0.2) is 0 Å². The van der Waals surface area contributed by atoms with Gasteiger partial charge in [-0.25, -0.2) is 0 Å². The maximum Gasteiger partial charge on any atom is 0.229 e. The van der Waals surface area contributed by atoms with E-state index in [9.17, 15) is 4.79 Å². The molecule has 1 fully saturated rings. The van der Waals surface area contributed by atoms with Gasteiger partial charge in [0.2, 0.25) is 5.91 Å². The van der Waals surface area contributed by atoms with Gasteiger partial charge in [-0.15, -0.1) is 0 Å². The molecule has 16 heavy (non-hydrogen) atoms. The zero-order chi connectivity index (χ0) is 11.6. The molecule has 0 aromatic rings. The van der Waals surface area contributed by atoms with E-state index in [4.69, 9.17) is 5.26 Å². The van der Waals surface area contributed by atoms with Gasteiger partial charge in [0.1, 0.15) is 0 Å². The number of hydrogen-bond donors (Lipinski definition) is 0. The molecule has 0 N–H and O–H groups in total. The molecule has 2 rings (SSSR count). The molecule has 1 saturated heterocycles. The van der Waals surface area contributed by atoms with Crippen LogP contribution in [0.5, 0.6) is 0 Å². The van der Waals surface area contributed by atoms with E-state index < -0.39 is 0 Å². The number of hydrogen-bond acceptors (Lipinski definition) is 2. The third-order valence-electron chi connectivity index (χ3n) is 3.71. The average molecular weight is 218 g/mol. The van der Waals surface area contributed by atoms with E-state index in [0.717, 1.165) is 32.2 Å². The van der Waals surface area contributed by atoms with E-state index in [-0.39, 0.29) is 17.2 Å². The van der Waals surface area contributed by atoms with Gasteiger partial charge >= 0.3 is 0 Å². The summed E-state index contributed by atoms with van der Waals surface area (Å²) in [4.78, 5) is 14.3. The summed E-state index contributed by atoms with van der Waals surface area (Å²) >= 11 is 0. The molecule has 0 bridgehead atoms. The molecule has 0 aromatic heterocycles. The van der Waals surface area contributed by atoms with Crippen molar-refractivity contribution in [2.24, 2.45) is 11.3 Å². The highest BCUT2D eigenvalue weighted by Gasteiger charge is 2.38. The van der Waals surface area contributed by atoms with Gasteiger partial charge in [-0.05, 0) is 25.7 Å². The van der Waals surface area contributed by atoms with Crippen LogP contribution in [0, 0.1) is 22.7 Å². The summed E-state index contributed by atoms with van der Waals surface area (Å²) in [5, 5.41) is 8.92. The molecule has 1 aliphatic carbocycles. The molecule has 3 heteroatoms. The Bertz CT molecular complexity index is 345. The average Bonchev–Trinajstić information content (AvgIpc) is 2.76. The summed E-state index contributed by atoms with van der Waals surface area (Å²) < 4.78 is 0. The van der Waals surface area contributed by atoms with Crippen molar-refractivity contribution >= 4 is 5.91 Å². The number of piperidine rings is 1. The summed E-state index contributed by atoms with van der Waals surface area (Å²) in [5.74, 6) is 0.271. The molecule has 0 radical (unpaired) electrons. The molecular formula is C13H18N2O. The Morgan fingerprint density at radius 3 is 2.81 bits per heavy atom. The van der Waals surface area contributed by atoms with E-state index in [1.807, 2.05) is 11.8 Å². The minimum Gasteiger partial charge on any atom is -0.341 e. The van der Waals surface area contributed by atoms with Gasteiger partial charge < -0.3 is 4.90 Å². The largest absolute Gasteiger partial charge is 0.341 e. The summed E-state index contributed by atoms with van der Waals surface area (Å²) in [6.45, 7) is 3.49. The quantitative estimate of drug-likeness (QED) is 0.633. The number of nitriles is 1. The topological polar surface area (TPSA) is 44.1 Å². The summed E-state index contributed by atoms with van der Waals surface area (Å²) in [5.41, 5.74) is -0.239. The third kappa shape index (κ3) is 1.97. The van der Waals surface area contributed by atoms with Crippen LogP contribution in [0.3, 0.4) is 0 Å². The molecule has 1 heterocycles. The first-order valence-corrected chi connectivity index (χ1v) is 6.00. The number of amides is 1. The second-order valence-electron chi connectivity index (χ2n) is 5.16. The summed E-state index contributed by atoms with van der Waals surface area (Å²) in [6.07, 6.45) is 7.77. The fraction of sp³-hybridized carbons (Fsp3) is 0.692. The predicted octanol–water partition coefficient (Wildman–Crippen LogP) is 2.10. The van der Waals surface area contributed by atoms with E-state index >= 15 is 0 Å². The van der Waals surface area contributed by atoms with Crippen molar-refractivity contribution in [3.8, 4) is 6.07 Å². The van der Waals surface area contributed by atoms with Gasteiger partial charge in [-0.3, -0.25) is 4.79 Å². The summed E-state index contributed by atoms with van der Waals surface area (Å²) in [7, 11) is 0. The third-order valence-corrected chi connectivity index (χ3v) is 3.71. The summed E-state index contributed by atoms with van der Waals surface area (Å²) in [6, 6.07) is 2.28. The van der Waals surface area contributed by atoms with Crippen molar-refractivity contribution in [2.75, 3.05) is 13.1 Å². The Labute approximate surface area is 96.7 Å². The molecule has 2 aliphatic rings. The van der Waals surface area contributed by atoms with E-state index in [2.05, 4.69) is 18.2 Å². The number of rotatable bonds is 1. The number of carbonyl (C=O) groups is 1. The van der Waals surface area contributed by atoms with Gasteiger partial charge in [-0.1, -0.05) is 19.1 Å². The van der Waals surface area contributed by atoms with Crippen LogP contribution in [0.4, 0.5) is 0 Å². The predicted molar refractivity (Wildman–Crippen MR) is 61.4 cm³/mol. The lowest BCUT2D eigenvalue weighted by Gasteiger charge is -2.35. The molecule has 0 aromatic carbocycles. The molecule has 1 unspecified atom stereocenters. The molecule has 1 aliphatic heterocycles. The van der Waals surface area contributed by atoms with E-state index in [0.29, 0.717) is 6.54 Å². The van der Waals surface area contributed by atoms with Crippen molar-refractivity contribution in [2.45, 2.75) is 32.6 Å². The molecule has 86 valence electrons. The highest BCUT2D eigenvalue weighted by Crippen LogP contribution is 2.35. The Kier molecular flexibility index (Phi) is 3.00. The number of allylic oxidation sites excluding steroid dienone is 2. The highest BCUT2D eigenvalue weighted by atomic mass is 16.2. The van der Waals surface area contributed by atoms with Crippen molar-refractivity contribution in [3.63, 3.8) is 0 Å². The first-order valence-electron chi connectivity index (χ1n) is 6.00. The first kappa shape index (κ1) is 11.2. The Balaban J connectivity index is 2.02. The maximum atomic E-state index is 12.4. The molecule has 1 amide bonds. The fourth-order valence-corrected chi connectivity index (χ4v) is 2.59. The van der Waals surface area contributed by atoms with Crippen LogP contribution in [-0.2, 0) is 4.79 Å². The van der Waals surface area contributed by atoms with Crippen molar-refractivity contribution in [3.05, 3.63) is 12.2 Å². The number of likely N-dealkylation sites (tertiary alicyclic amines) is 1. The van der Waals surface area contributed by atoms with Crippen molar-refractivity contribution in [1.29, 1.82) is 5.26 Å².